The van der Waals surface area contributed by atoms with Gasteiger partial charge in [-0.3, -0.25) is 9.69 Å². The molecular formula is C29H36N6O3. The first-order chi connectivity index (χ1) is 18.5. The summed E-state index contributed by atoms with van der Waals surface area (Å²) >= 11 is 0. The lowest BCUT2D eigenvalue weighted by molar-refractivity contribution is -0.122. The average molecular weight is 517 g/mol. The van der Waals surface area contributed by atoms with Crippen molar-refractivity contribution in [1.29, 1.82) is 0 Å². The first-order valence-corrected chi connectivity index (χ1v) is 14.0. The number of hydrogen-bond acceptors (Lipinski definition) is 7. The summed E-state index contributed by atoms with van der Waals surface area (Å²) < 4.78 is 14.7. The molecule has 7 rings (SSSR count). The lowest BCUT2D eigenvalue weighted by Gasteiger charge is -2.39. The van der Waals surface area contributed by atoms with Crippen LogP contribution in [-0.4, -0.2) is 62.8 Å². The van der Waals surface area contributed by atoms with Crippen LogP contribution in [0.1, 0.15) is 57.4 Å². The third kappa shape index (κ3) is 4.12. The molecular weight excluding hydrogens is 480 g/mol. The van der Waals surface area contributed by atoms with Gasteiger partial charge in [0, 0.05) is 24.3 Å². The van der Waals surface area contributed by atoms with E-state index in [1.807, 2.05) is 12.1 Å². The molecule has 1 aromatic carbocycles. The summed E-state index contributed by atoms with van der Waals surface area (Å²) in [7, 11) is 0. The van der Waals surface area contributed by atoms with Crippen molar-refractivity contribution in [3.63, 3.8) is 0 Å². The van der Waals surface area contributed by atoms with Crippen molar-refractivity contribution in [1.82, 2.24) is 19.4 Å². The zero-order valence-electron chi connectivity index (χ0n) is 21.7. The zero-order chi connectivity index (χ0) is 25.9. The summed E-state index contributed by atoms with van der Waals surface area (Å²) in [4.78, 5) is 23.0. The van der Waals surface area contributed by atoms with Crippen LogP contribution in [-0.2, 0) is 9.53 Å². The molecule has 5 heterocycles. The third-order valence-corrected chi connectivity index (χ3v) is 9.34. The largest absolute Gasteiger partial charge is 0.491 e. The Hall–Kier alpha value is -3.17. The van der Waals surface area contributed by atoms with Gasteiger partial charge in [-0.2, -0.15) is 0 Å². The van der Waals surface area contributed by atoms with Crippen molar-refractivity contribution in [3.05, 3.63) is 36.8 Å². The highest BCUT2D eigenvalue weighted by Gasteiger charge is 2.46. The van der Waals surface area contributed by atoms with Gasteiger partial charge in [0.1, 0.15) is 35.7 Å². The maximum Gasteiger partial charge on any atom is 0.234 e. The minimum atomic E-state index is -0.194. The molecule has 4 fully saturated rings. The second-order valence-corrected chi connectivity index (χ2v) is 11.8. The van der Waals surface area contributed by atoms with Crippen molar-refractivity contribution < 1.29 is 14.3 Å². The van der Waals surface area contributed by atoms with Gasteiger partial charge in [0.05, 0.1) is 17.5 Å². The summed E-state index contributed by atoms with van der Waals surface area (Å²) in [6, 6.07) is 8.45. The van der Waals surface area contributed by atoms with E-state index in [1.165, 1.54) is 0 Å². The molecule has 200 valence electrons. The molecule has 9 heteroatoms. The van der Waals surface area contributed by atoms with Crippen LogP contribution < -0.4 is 16.2 Å². The van der Waals surface area contributed by atoms with Gasteiger partial charge in [0.25, 0.3) is 0 Å². The van der Waals surface area contributed by atoms with Gasteiger partial charge in [0.2, 0.25) is 5.91 Å². The fraction of sp³-hybridized carbons (Fsp3) is 0.552. The second-order valence-electron chi connectivity index (χ2n) is 11.8. The highest BCUT2D eigenvalue weighted by atomic mass is 16.6. The van der Waals surface area contributed by atoms with Crippen LogP contribution in [0.3, 0.4) is 0 Å². The predicted molar refractivity (Wildman–Crippen MR) is 144 cm³/mol. The van der Waals surface area contributed by atoms with Gasteiger partial charge in [-0.1, -0.05) is 12.1 Å². The summed E-state index contributed by atoms with van der Waals surface area (Å²) in [6.07, 6.45) is 12.6. The van der Waals surface area contributed by atoms with Crippen LogP contribution in [0.4, 0.5) is 5.82 Å². The minimum absolute atomic E-state index is 0.106. The van der Waals surface area contributed by atoms with Gasteiger partial charge in [-0.15, -0.1) is 0 Å². The van der Waals surface area contributed by atoms with Crippen molar-refractivity contribution in [2.45, 2.75) is 75.2 Å². The quantitative estimate of drug-likeness (QED) is 0.468. The lowest BCUT2D eigenvalue weighted by atomic mass is 9.79. The molecule has 1 saturated carbocycles. The van der Waals surface area contributed by atoms with Crippen molar-refractivity contribution in [2.75, 3.05) is 25.4 Å². The fourth-order valence-electron chi connectivity index (χ4n) is 7.23. The van der Waals surface area contributed by atoms with Crippen LogP contribution in [0.25, 0.3) is 22.2 Å². The maximum atomic E-state index is 11.8. The number of nitrogens with zero attached hydrogens (tertiary/aromatic N) is 4. The van der Waals surface area contributed by atoms with Gasteiger partial charge in [-0.05, 0) is 81.5 Å². The van der Waals surface area contributed by atoms with Gasteiger partial charge < -0.3 is 25.5 Å². The van der Waals surface area contributed by atoms with E-state index in [-0.39, 0.29) is 17.6 Å². The molecule has 3 saturated heterocycles. The molecule has 9 nitrogen and oxygen atoms in total. The summed E-state index contributed by atoms with van der Waals surface area (Å²) in [5.41, 5.74) is 14.9. The number of nitrogen functional groups attached to an aromatic ring is 1. The standard InChI is InChI=1S/C29H36N6O3/c30-26-25-23(19-3-1-4-22(13-19)37-16-29-8-6-21(38-29)7-9-29)15-35(28(25)33-17-32-26)20-11-18(12-20)14-34-10-2-5-24(34)27(31)36/h1,3-4,13,15,17-18,20-21,24H,2,5-12,14,16H2,(H2,31,36)(H2,30,32,33). The van der Waals surface area contributed by atoms with Gasteiger partial charge >= 0.3 is 0 Å². The highest BCUT2D eigenvalue weighted by molar-refractivity contribution is 6.00. The van der Waals surface area contributed by atoms with E-state index in [0.717, 1.165) is 92.4 Å². The van der Waals surface area contributed by atoms with Crippen molar-refractivity contribution in [2.24, 2.45) is 11.7 Å². The van der Waals surface area contributed by atoms with Gasteiger partial charge in [0.15, 0.2) is 0 Å². The highest BCUT2D eigenvalue weighted by Crippen LogP contribution is 2.45. The molecule has 0 spiro atoms. The Kier molecular flexibility index (Phi) is 5.81. The Balaban J connectivity index is 1.10. The first-order valence-electron chi connectivity index (χ1n) is 14.0. The molecule has 1 unspecified atom stereocenters. The number of benzene rings is 1. The van der Waals surface area contributed by atoms with Gasteiger partial charge in [-0.25, -0.2) is 9.97 Å². The Morgan fingerprint density at radius 3 is 2.79 bits per heavy atom. The topological polar surface area (TPSA) is 122 Å². The fourth-order valence-corrected chi connectivity index (χ4v) is 7.23. The number of nitrogens with two attached hydrogens (primary N) is 2. The van der Waals surface area contributed by atoms with E-state index in [4.69, 9.17) is 20.9 Å². The van der Waals surface area contributed by atoms with Crippen LogP contribution in [0, 0.1) is 5.92 Å². The van der Waals surface area contributed by atoms with Crippen LogP contribution in [0.2, 0.25) is 0 Å². The number of carbonyl (C=O) groups is 1. The number of amides is 1. The molecule has 2 aromatic heterocycles. The molecule has 4 N–H and O–H groups in total. The molecule has 1 amide bonds. The molecule has 3 aromatic rings. The SMILES string of the molecule is NC(=O)C1CCCN1CC1CC(n2cc(-c3cccc(OCC45CCC(CC4)O5)c3)c3c(N)ncnc32)C1. The van der Waals surface area contributed by atoms with E-state index in [9.17, 15) is 4.79 Å². The Morgan fingerprint density at radius 2 is 2.03 bits per heavy atom. The lowest BCUT2D eigenvalue weighted by Crippen LogP contribution is -2.44. The molecule has 1 atom stereocenters. The Bertz CT molecular complexity index is 1360. The minimum Gasteiger partial charge on any atom is -0.491 e. The number of anilines is 1. The molecule has 3 aliphatic heterocycles. The maximum absolute atomic E-state index is 11.8. The number of ether oxygens (including phenoxy) is 2. The van der Waals surface area contributed by atoms with Crippen LogP contribution in [0.5, 0.6) is 5.75 Å². The monoisotopic (exact) mass is 516 g/mol. The molecule has 1 aliphatic carbocycles. The number of likely N-dealkylation sites (tertiary alicyclic amines) is 1. The predicted octanol–water partition coefficient (Wildman–Crippen LogP) is 3.67. The van der Waals surface area contributed by atoms with E-state index in [2.05, 4.69) is 37.8 Å². The first kappa shape index (κ1) is 23.9. The number of rotatable bonds is 8. The number of carbonyl (C=O) groups excluding carboxylic acids is 1. The normalized spacial score (nSPS) is 30.6. The number of fused-ring (bicyclic) bond motifs is 3. The Labute approximate surface area is 222 Å². The molecule has 4 aliphatic rings. The Morgan fingerprint density at radius 1 is 1.18 bits per heavy atom. The number of aromatic nitrogens is 3. The van der Waals surface area contributed by atoms with E-state index >= 15 is 0 Å². The summed E-state index contributed by atoms with van der Waals surface area (Å²) in [5.74, 6) is 1.68. The molecule has 2 bridgehead atoms. The number of primary amides is 1. The van der Waals surface area contributed by atoms with Crippen LogP contribution >= 0.6 is 0 Å². The van der Waals surface area contributed by atoms with E-state index in [1.54, 1.807) is 6.33 Å². The van der Waals surface area contributed by atoms with E-state index < -0.39 is 0 Å². The van der Waals surface area contributed by atoms with Crippen molar-refractivity contribution >= 4 is 22.8 Å². The molecule has 38 heavy (non-hydrogen) atoms. The average Bonchev–Trinajstić information content (AvgIpc) is 3.68. The second kappa shape index (κ2) is 9.24. The molecule has 0 radical (unpaired) electrons. The third-order valence-electron chi connectivity index (χ3n) is 9.34. The number of hydrogen-bond donors (Lipinski definition) is 2. The van der Waals surface area contributed by atoms with Crippen LogP contribution in [0.15, 0.2) is 36.8 Å². The summed E-state index contributed by atoms with van der Waals surface area (Å²) in [6.45, 7) is 2.48. The zero-order valence-corrected chi connectivity index (χ0v) is 21.7. The van der Waals surface area contributed by atoms with Crippen molar-refractivity contribution in [3.8, 4) is 16.9 Å². The van der Waals surface area contributed by atoms with E-state index in [0.29, 0.717) is 30.5 Å². The summed E-state index contributed by atoms with van der Waals surface area (Å²) in [5, 5.41) is 0.887. The smallest absolute Gasteiger partial charge is 0.234 e.